The standard InChI is InChI=1S/C22H18N6O/c1-2-5-16(6-3-1)28-19-8-4-7-17(19)21(26-28)22-24-20(27-29-22)12-14-9-10-18-15(11-14)13-23-25-18/h1-3,5-6,9-11,13H,4,7-8,12H2,(H,23,25). The lowest BCUT2D eigenvalue weighted by Gasteiger charge is -2.04. The van der Waals surface area contributed by atoms with Crippen molar-refractivity contribution in [1.82, 2.24) is 30.1 Å². The predicted molar refractivity (Wildman–Crippen MR) is 108 cm³/mol. The van der Waals surface area contributed by atoms with E-state index < -0.39 is 0 Å². The summed E-state index contributed by atoms with van der Waals surface area (Å²) in [5, 5.41) is 17.1. The molecular formula is C22H18N6O. The topological polar surface area (TPSA) is 85.4 Å². The molecule has 7 heteroatoms. The maximum Gasteiger partial charge on any atom is 0.278 e. The Bertz CT molecular complexity index is 1310. The molecule has 0 amide bonds. The number of benzene rings is 2. The van der Waals surface area contributed by atoms with Gasteiger partial charge >= 0.3 is 0 Å². The number of aromatic amines is 1. The Kier molecular flexibility index (Phi) is 3.59. The quantitative estimate of drug-likeness (QED) is 0.510. The fourth-order valence-electron chi connectivity index (χ4n) is 4.10. The summed E-state index contributed by atoms with van der Waals surface area (Å²) in [5.41, 5.74) is 6.48. The van der Waals surface area contributed by atoms with Gasteiger partial charge in [-0.2, -0.15) is 15.2 Å². The summed E-state index contributed by atoms with van der Waals surface area (Å²) in [6.45, 7) is 0. The highest BCUT2D eigenvalue weighted by Gasteiger charge is 2.27. The van der Waals surface area contributed by atoms with Crippen LogP contribution in [-0.2, 0) is 19.3 Å². The largest absolute Gasteiger partial charge is 0.332 e. The Morgan fingerprint density at radius 2 is 2.00 bits per heavy atom. The van der Waals surface area contributed by atoms with Crippen molar-refractivity contribution in [3.05, 3.63) is 77.4 Å². The molecule has 2 aromatic carbocycles. The van der Waals surface area contributed by atoms with E-state index in [4.69, 9.17) is 9.62 Å². The molecule has 1 N–H and O–H groups in total. The maximum absolute atomic E-state index is 5.61. The highest BCUT2D eigenvalue weighted by molar-refractivity contribution is 5.78. The number of hydrogen-bond acceptors (Lipinski definition) is 5. The number of nitrogens with one attached hydrogen (secondary N) is 1. The molecule has 3 aromatic heterocycles. The smallest absolute Gasteiger partial charge is 0.278 e. The van der Waals surface area contributed by atoms with Crippen LogP contribution in [0.4, 0.5) is 0 Å². The van der Waals surface area contributed by atoms with Crippen LogP contribution < -0.4 is 0 Å². The van der Waals surface area contributed by atoms with Crippen LogP contribution in [0.1, 0.15) is 29.1 Å². The molecule has 0 aliphatic heterocycles. The van der Waals surface area contributed by atoms with Crippen LogP contribution in [0.5, 0.6) is 0 Å². The van der Waals surface area contributed by atoms with Crippen molar-refractivity contribution in [2.24, 2.45) is 0 Å². The van der Waals surface area contributed by atoms with E-state index in [-0.39, 0.29) is 0 Å². The zero-order valence-electron chi connectivity index (χ0n) is 15.7. The minimum absolute atomic E-state index is 0.497. The van der Waals surface area contributed by atoms with Crippen LogP contribution in [0.15, 0.2) is 59.3 Å². The molecule has 1 aliphatic rings. The Morgan fingerprint density at radius 3 is 2.93 bits per heavy atom. The summed E-state index contributed by atoms with van der Waals surface area (Å²) in [5.74, 6) is 1.15. The van der Waals surface area contributed by atoms with Gasteiger partial charge in [0.2, 0.25) is 0 Å². The first-order chi connectivity index (χ1) is 14.3. The van der Waals surface area contributed by atoms with Crippen LogP contribution in [-0.4, -0.2) is 30.1 Å². The van der Waals surface area contributed by atoms with Crippen molar-refractivity contribution in [3.63, 3.8) is 0 Å². The van der Waals surface area contributed by atoms with Gasteiger partial charge in [0, 0.05) is 23.1 Å². The Labute approximate surface area is 166 Å². The van der Waals surface area contributed by atoms with Crippen LogP contribution in [0.25, 0.3) is 28.2 Å². The van der Waals surface area contributed by atoms with E-state index in [1.54, 1.807) is 0 Å². The number of fused-ring (bicyclic) bond motifs is 2. The summed E-state index contributed by atoms with van der Waals surface area (Å²) in [7, 11) is 0. The van der Waals surface area contributed by atoms with E-state index in [1.165, 1.54) is 11.3 Å². The summed E-state index contributed by atoms with van der Waals surface area (Å²) in [6, 6.07) is 16.4. The van der Waals surface area contributed by atoms with E-state index in [1.807, 2.05) is 35.1 Å². The van der Waals surface area contributed by atoms with Crippen LogP contribution >= 0.6 is 0 Å². The van der Waals surface area contributed by atoms with Crippen LogP contribution in [0.2, 0.25) is 0 Å². The lowest BCUT2D eigenvalue weighted by molar-refractivity contribution is 0.422. The molecule has 7 nitrogen and oxygen atoms in total. The number of nitrogens with zero attached hydrogens (tertiary/aromatic N) is 5. The van der Waals surface area contributed by atoms with Crippen LogP contribution in [0, 0.1) is 0 Å². The molecule has 1 aliphatic carbocycles. The molecule has 29 heavy (non-hydrogen) atoms. The number of aromatic nitrogens is 6. The van der Waals surface area contributed by atoms with Crippen molar-refractivity contribution in [1.29, 1.82) is 0 Å². The molecular weight excluding hydrogens is 364 g/mol. The zero-order chi connectivity index (χ0) is 19.2. The summed E-state index contributed by atoms with van der Waals surface area (Å²) in [4.78, 5) is 4.65. The van der Waals surface area contributed by atoms with E-state index in [2.05, 4.69) is 44.6 Å². The van der Waals surface area contributed by atoms with Gasteiger partial charge in [0.1, 0.15) is 0 Å². The second-order valence-corrected chi connectivity index (χ2v) is 7.36. The maximum atomic E-state index is 5.61. The number of H-pyrrole nitrogens is 1. The van der Waals surface area contributed by atoms with Crippen molar-refractivity contribution >= 4 is 10.9 Å². The number of hydrogen-bond donors (Lipinski definition) is 1. The molecule has 0 saturated heterocycles. The first kappa shape index (κ1) is 16.2. The third-order valence-electron chi connectivity index (χ3n) is 5.47. The normalized spacial score (nSPS) is 13.2. The number of rotatable bonds is 4. The minimum Gasteiger partial charge on any atom is -0.332 e. The molecule has 0 fully saturated rings. The molecule has 0 radical (unpaired) electrons. The summed E-state index contributed by atoms with van der Waals surface area (Å²) < 4.78 is 7.64. The Hall–Kier alpha value is -3.74. The van der Waals surface area contributed by atoms with Gasteiger partial charge in [-0.25, -0.2) is 4.68 Å². The van der Waals surface area contributed by atoms with Gasteiger partial charge in [0.15, 0.2) is 11.5 Å². The molecule has 0 bridgehead atoms. The first-order valence-corrected chi connectivity index (χ1v) is 9.76. The SMILES string of the molecule is c1ccc(-n2nc(-c3nc(Cc4ccc5[nH]ncc5c4)no3)c3c2CCC3)cc1. The molecule has 0 atom stereocenters. The van der Waals surface area contributed by atoms with Crippen molar-refractivity contribution < 1.29 is 4.52 Å². The zero-order valence-corrected chi connectivity index (χ0v) is 15.7. The van der Waals surface area contributed by atoms with E-state index in [0.717, 1.165) is 47.1 Å². The van der Waals surface area contributed by atoms with Crippen molar-refractivity contribution in [2.75, 3.05) is 0 Å². The fraction of sp³-hybridized carbons (Fsp3) is 0.182. The predicted octanol–water partition coefficient (Wildman–Crippen LogP) is 3.88. The lowest BCUT2D eigenvalue weighted by Crippen LogP contribution is -2.00. The van der Waals surface area contributed by atoms with Gasteiger partial charge in [0.05, 0.1) is 17.4 Å². The third kappa shape index (κ3) is 2.74. The monoisotopic (exact) mass is 382 g/mol. The van der Waals surface area contributed by atoms with Crippen LogP contribution in [0.3, 0.4) is 0 Å². The van der Waals surface area contributed by atoms with Gasteiger partial charge in [-0.3, -0.25) is 5.10 Å². The number of para-hydroxylation sites is 1. The van der Waals surface area contributed by atoms with Gasteiger partial charge in [-0.1, -0.05) is 29.4 Å². The average Bonchev–Trinajstić information content (AvgIpc) is 3.52. The highest BCUT2D eigenvalue weighted by Crippen LogP contribution is 2.33. The molecule has 3 heterocycles. The molecule has 0 unspecified atom stereocenters. The summed E-state index contributed by atoms with van der Waals surface area (Å²) in [6.07, 6.45) is 5.56. The molecule has 0 spiro atoms. The van der Waals surface area contributed by atoms with Gasteiger partial charge in [0.25, 0.3) is 5.89 Å². The van der Waals surface area contributed by atoms with E-state index in [9.17, 15) is 0 Å². The molecule has 0 saturated carbocycles. The average molecular weight is 382 g/mol. The Balaban J connectivity index is 1.34. The third-order valence-corrected chi connectivity index (χ3v) is 5.47. The fourth-order valence-corrected chi connectivity index (χ4v) is 4.10. The van der Waals surface area contributed by atoms with Gasteiger partial charge in [-0.15, -0.1) is 0 Å². The minimum atomic E-state index is 0.497. The second kappa shape index (κ2) is 6.41. The van der Waals surface area contributed by atoms with E-state index in [0.29, 0.717) is 18.1 Å². The summed E-state index contributed by atoms with van der Waals surface area (Å²) >= 11 is 0. The van der Waals surface area contributed by atoms with Gasteiger partial charge < -0.3 is 4.52 Å². The van der Waals surface area contributed by atoms with Crippen molar-refractivity contribution in [2.45, 2.75) is 25.7 Å². The van der Waals surface area contributed by atoms with Crippen molar-refractivity contribution in [3.8, 4) is 17.3 Å². The molecule has 6 rings (SSSR count). The molecule has 142 valence electrons. The first-order valence-electron chi connectivity index (χ1n) is 9.76. The van der Waals surface area contributed by atoms with E-state index >= 15 is 0 Å². The second-order valence-electron chi connectivity index (χ2n) is 7.36. The Morgan fingerprint density at radius 1 is 1.07 bits per heavy atom. The van der Waals surface area contributed by atoms with Gasteiger partial charge in [-0.05, 0) is 49.1 Å². The highest BCUT2D eigenvalue weighted by atomic mass is 16.5. The lowest BCUT2D eigenvalue weighted by atomic mass is 10.1. The molecule has 5 aromatic rings.